The number of anilines is 1. The molecule has 0 unspecified atom stereocenters. The molecule has 150 valence electrons. The average Bonchev–Trinajstić information content (AvgIpc) is 3.11. The van der Waals surface area contributed by atoms with Crippen LogP contribution in [0.3, 0.4) is 0 Å². The van der Waals surface area contributed by atoms with Crippen LogP contribution in [0.1, 0.15) is 18.1 Å². The van der Waals surface area contributed by atoms with E-state index in [0.717, 1.165) is 39.1 Å². The molecule has 1 amide bonds. The van der Waals surface area contributed by atoms with E-state index in [1.165, 1.54) is 11.8 Å². The van der Waals surface area contributed by atoms with Crippen molar-refractivity contribution in [3.63, 3.8) is 0 Å². The van der Waals surface area contributed by atoms with Crippen LogP contribution in [0.15, 0.2) is 64.7 Å². The Labute approximate surface area is 183 Å². The fraction of sp³-hybridized carbons (Fsp3) is 0.227. The number of para-hydroxylation sites is 1. The minimum absolute atomic E-state index is 0.0655. The zero-order chi connectivity index (χ0) is 20.8. The number of amides is 1. The Balaban J connectivity index is 1.72. The number of hydrogen-bond acceptors (Lipinski definition) is 4. The Morgan fingerprint density at radius 3 is 2.72 bits per heavy atom. The number of rotatable bonds is 8. The number of halogens is 1. The van der Waals surface area contributed by atoms with Crippen molar-refractivity contribution in [1.82, 2.24) is 14.8 Å². The molecule has 0 saturated carbocycles. The predicted octanol–water partition coefficient (Wildman–Crippen LogP) is 5.50. The predicted molar refractivity (Wildman–Crippen MR) is 123 cm³/mol. The highest BCUT2D eigenvalue weighted by Crippen LogP contribution is 2.25. The minimum Gasteiger partial charge on any atom is -0.325 e. The summed E-state index contributed by atoms with van der Waals surface area (Å²) in [7, 11) is 0. The third-order valence-electron chi connectivity index (χ3n) is 4.39. The van der Waals surface area contributed by atoms with E-state index in [1.54, 1.807) is 10.8 Å². The maximum Gasteiger partial charge on any atom is 0.234 e. The first kappa shape index (κ1) is 21.3. The molecule has 3 aromatic rings. The standard InChI is InChI=1S/C22H23BrN4OS/c1-4-13-27-21(17-9-11-18(23)12-10-17)25-22(26-27)29-14-19(28)24-20-15(3)7-6-8-16(20)5-2/h4,6-12H,1,5,13-14H2,2-3H3,(H,24,28). The lowest BCUT2D eigenvalue weighted by molar-refractivity contribution is -0.113. The van der Waals surface area contributed by atoms with Gasteiger partial charge < -0.3 is 5.32 Å². The number of aromatic nitrogens is 3. The van der Waals surface area contributed by atoms with E-state index in [4.69, 9.17) is 0 Å². The SMILES string of the molecule is C=CCn1nc(SCC(=O)Nc2c(C)cccc2CC)nc1-c1ccc(Br)cc1. The fourth-order valence-corrected chi connectivity index (χ4v) is 3.86. The van der Waals surface area contributed by atoms with E-state index in [-0.39, 0.29) is 11.7 Å². The molecule has 0 bridgehead atoms. The normalized spacial score (nSPS) is 10.7. The van der Waals surface area contributed by atoms with Gasteiger partial charge in [0.15, 0.2) is 5.82 Å². The quantitative estimate of drug-likeness (QED) is 0.349. The van der Waals surface area contributed by atoms with Crippen molar-refractivity contribution in [3.8, 4) is 11.4 Å². The van der Waals surface area contributed by atoms with Crippen molar-refractivity contribution >= 4 is 39.3 Å². The number of nitrogens with zero attached hydrogens (tertiary/aromatic N) is 3. The van der Waals surface area contributed by atoms with E-state index in [2.05, 4.69) is 44.8 Å². The van der Waals surface area contributed by atoms with E-state index in [9.17, 15) is 4.79 Å². The van der Waals surface area contributed by atoms with Gasteiger partial charge in [-0.05, 0) is 36.6 Å². The molecule has 0 aliphatic rings. The van der Waals surface area contributed by atoms with Crippen LogP contribution in [0.5, 0.6) is 0 Å². The number of aryl methyl sites for hydroxylation is 2. The van der Waals surface area contributed by atoms with Crippen LogP contribution in [0, 0.1) is 6.92 Å². The lowest BCUT2D eigenvalue weighted by Gasteiger charge is -2.12. The molecular formula is C22H23BrN4OS. The van der Waals surface area contributed by atoms with Gasteiger partial charge in [-0.3, -0.25) is 4.79 Å². The molecule has 0 saturated heterocycles. The molecule has 1 N–H and O–H groups in total. The lowest BCUT2D eigenvalue weighted by Crippen LogP contribution is -2.16. The second-order valence-electron chi connectivity index (χ2n) is 6.50. The summed E-state index contributed by atoms with van der Waals surface area (Å²) in [6.07, 6.45) is 2.65. The topological polar surface area (TPSA) is 59.8 Å². The zero-order valence-electron chi connectivity index (χ0n) is 16.5. The summed E-state index contributed by atoms with van der Waals surface area (Å²) in [4.78, 5) is 17.1. The molecule has 0 aliphatic carbocycles. The van der Waals surface area contributed by atoms with E-state index in [1.807, 2.05) is 49.4 Å². The van der Waals surface area contributed by atoms with Crippen LogP contribution < -0.4 is 5.32 Å². The third kappa shape index (κ3) is 5.36. The highest BCUT2D eigenvalue weighted by atomic mass is 79.9. The second kappa shape index (κ2) is 9.89. The van der Waals surface area contributed by atoms with Gasteiger partial charge in [0.05, 0.1) is 12.3 Å². The number of hydrogen-bond donors (Lipinski definition) is 1. The molecule has 0 atom stereocenters. The first-order valence-corrected chi connectivity index (χ1v) is 11.1. The van der Waals surface area contributed by atoms with Gasteiger partial charge in [-0.2, -0.15) is 0 Å². The van der Waals surface area contributed by atoms with E-state index < -0.39 is 0 Å². The van der Waals surface area contributed by atoms with Gasteiger partial charge in [0.25, 0.3) is 0 Å². The largest absolute Gasteiger partial charge is 0.325 e. The summed E-state index contributed by atoms with van der Waals surface area (Å²) in [6.45, 7) is 8.43. The molecule has 5 nitrogen and oxygen atoms in total. The van der Waals surface area contributed by atoms with E-state index >= 15 is 0 Å². The summed E-state index contributed by atoms with van der Waals surface area (Å²) in [5.74, 6) is 0.937. The summed E-state index contributed by atoms with van der Waals surface area (Å²) < 4.78 is 2.80. The number of thioether (sulfide) groups is 1. The van der Waals surface area contributed by atoms with Crippen molar-refractivity contribution in [2.45, 2.75) is 32.0 Å². The van der Waals surface area contributed by atoms with Crippen LogP contribution in [0.2, 0.25) is 0 Å². The van der Waals surface area contributed by atoms with E-state index in [0.29, 0.717) is 11.7 Å². The first-order chi connectivity index (χ1) is 14.0. The molecule has 29 heavy (non-hydrogen) atoms. The number of benzene rings is 2. The Kier molecular flexibility index (Phi) is 7.28. The molecule has 2 aromatic carbocycles. The molecule has 0 fully saturated rings. The van der Waals surface area contributed by atoms with Gasteiger partial charge in [-0.25, -0.2) is 9.67 Å². The maximum absolute atomic E-state index is 12.5. The maximum atomic E-state index is 12.5. The summed E-state index contributed by atoms with van der Waals surface area (Å²) in [5.41, 5.74) is 4.07. The number of nitrogens with one attached hydrogen (secondary N) is 1. The highest BCUT2D eigenvalue weighted by Gasteiger charge is 2.14. The highest BCUT2D eigenvalue weighted by molar-refractivity contribution is 9.10. The molecule has 1 heterocycles. The third-order valence-corrected chi connectivity index (χ3v) is 5.76. The molecule has 0 aliphatic heterocycles. The summed E-state index contributed by atoms with van der Waals surface area (Å²) >= 11 is 4.78. The average molecular weight is 471 g/mol. The van der Waals surface area contributed by atoms with Crippen LogP contribution in [-0.4, -0.2) is 26.4 Å². The van der Waals surface area contributed by atoms with Gasteiger partial charge >= 0.3 is 0 Å². The van der Waals surface area contributed by atoms with Crippen molar-refractivity contribution < 1.29 is 4.79 Å². The molecule has 0 radical (unpaired) electrons. The van der Waals surface area contributed by atoms with Crippen molar-refractivity contribution in [2.24, 2.45) is 0 Å². The summed E-state index contributed by atoms with van der Waals surface area (Å²) in [5, 5.41) is 8.15. The van der Waals surface area contributed by atoms with Crippen molar-refractivity contribution in [2.75, 3.05) is 11.1 Å². The van der Waals surface area contributed by atoms with Gasteiger partial charge in [-0.15, -0.1) is 11.7 Å². The molecule has 0 spiro atoms. The number of carbonyl (C=O) groups excluding carboxylic acids is 1. The molecular weight excluding hydrogens is 448 g/mol. The fourth-order valence-electron chi connectivity index (χ4n) is 2.95. The Hall–Kier alpha value is -2.38. The van der Waals surface area contributed by atoms with Gasteiger partial charge in [-0.1, -0.05) is 71.0 Å². The van der Waals surface area contributed by atoms with Crippen molar-refractivity contribution in [1.29, 1.82) is 0 Å². The smallest absolute Gasteiger partial charge is 0.234 e. The van der Waals surface area contributed by atoms with Crippen molar-refractivity contribution in [3.05, 3.63) is 70.7 Å². The van der Waals surface area contributed by atoms with Gasteiger partial charge in [0, 0.05) is 15.7 Å². The molecule has 3 rings (SSSR count). The lowest BCUT2D eigenvalue weighted by atomic mass is 10.1. The van der Waals surface area contributed by atoms with Gasteiger partial charge in [0.1, 0.15) is 0 Å². The van der Waals surface area contributed by atoms with Crippen LogP contribution >= 0.6 is 27.7 Å². The minimum atomic E-state index is -0.0655. The van der Waals surface area contributed by atoms with Crippen LogP contribution in [0.4, 0.5) is 5.69 Å². The Morgan fingerprint density at radius 1 is 1.28 bits per heavy atom. The Bertz CT molecular complexity index is 1010. The second-order valence-corrected chi connectivity index (χ2v) is 8.35. The van der Waals surface area contributed by atoms with Crippen LogP contribution in [0.25, 0.3) is 11.4 Å². The number of allylic oxidation sites excluding steroid dienone is 1. The number of carbonyl (C=O) groups is 1. The molecule has 7 heteroatoms. The Morgan fingerprint density at radius 2 is 2.03 bits per heavy atom. The zero-order valence-corrected chi connectivity index (χ0v) is 18.9. The van der Waals surface area contributed by atoms with Crippen LogP contribution in [-0.2, 0) is 17.8 Å². The monoisotopic (exact) mass is 470 g/mol. The molecule has 1 aromatic heterocycles. The summed E-state index contributed by atoms with van der Waals surface area (Å²) in [6, 6.07) is 14.0. The first-order valence-electron chi connectivity index (χ1n) is 9.34. The van der Waals surface area contributed by atoms with Gasteiger partial charge in [0.2, 0.25) is 11.1 Å².